The van der Waals surface area contributed by atoms with Crippen molar-refractivity contribution in [3.05, 3.63) is 28.5 Å². The van der Waals surface area contributed by atoms with E-state index in [1.165, 1.54) is 7.05 Å². The normalized spacial score (nSPS) is 8.54. The molecule has 4 heteroatoms. The average molecular weight is 198 g/mol. The van der Waals surface area contributed by atoms with E-state index >= 15 is 0 Å². The van der Waals surface area contributed by atoms with Gasteiger partial charge in [-0.3, -0.25) is 4.79 Å². The largest absolute Gasteiger partial charge is 0.352 e. The van der Waals surface area contributed by atoms with Crippen LogP contribution in [-0.2, 0) is 0 Å². The Morgan fingerprint density at radius 2 is 2.23 bits per heavy atom. The number of aromatic nitrogens is 1. The number of Topliss-reactive ketones (excluding diaryl/α,β-unsaturated/α-hetero) is 1. The third kappa shape index (κ3) is 3.48. The zero-order chi connectivity index (χ0) is 10.3. The SMILES string of the molecule is CCC(=O)c1ccc[nH]c1=S.CN. The van der Waals surface area contributed by atoms with Gasteiger partial charge in [0.2, 0.25) is 0 Å². The van der Waals surface area contributed by atoms with Crippen LogP contribution in [0.25, 0.3) is 0 Å². The molecule has 0 atom stereocenters. The number of pyridine rings is 1. The van der Waals surface area contributed by atoms with Gasteiger partial charge >= 0.3 is 0 Å². The maximum absolute atomic E-state index is 11.1. The highest BCUT2D eigenvalue weighted by molar-refractivity contribution is 7.71. The van der Waals surface area contributed by atoms with Crippen molar-refractivity contribution in [2.75, 3.05) is 7.05 Å². The summed E-state index contributed by atoms with van der Waals surface area (Å²) < 4.78 is 0.527. The fourth-order valence-corrected chi connectivity index (χ4v) is 1.08. The molecule has 0 bridgehead atoms. The van der Waals surface area contributed by atoms with Gasteiger partial charge in [0.15, 0.2) is 5.78 Å². The molecule has 0 unspecified atom stereocenters. The van der Waals surface area contributed by atoms with Gasteiger partial charge in [-0.15, -0.1) is 0 Å². The van der Waals surface area contributed by atoms with Crippen molar-refractivity contribution < 1.29 is 4.79 Å². The van der Waals surface area contributed by atoms with Crippen LogP contribution in [0.3, 0.4) is 0 Å². The maximum Gasteiger partial charge on any atom is 0.165 e. The van der Waals surface area contributed by atoms with Gasteiger partial charge in [0.05, 0.1) is 5.56 Å². The molecule has 0 amide bonds. The van der Waals surface area contributed by atoms with E-state index in [4.69, 9.17) is 12.2 Å². The Morgan fingerprint density at radius 3 is 2.69 bits per heavy atom. The van der Waals surface area contributed by atoms with Crippen LogP contribution in [0.15, 0.2) is 18.3 Å². The number of aromatic amines is 1. The minimum atomic E-state index is 0.0897. The predicted molar refractivity (Wildman–Crippen MR) is 56.4 cm³/mol. The number of hydrogen-bond acceptors (Lipinski definition) is 3. The fourth-order valence-electron chi connectivity index (χ4n) is 0.832. The van der Waals surface area contributed by atoms with Crippen LogP contribution in [0.2, 0.25) is 0 Å². The van der Waals surface area contributed by atoms with E-state index in [2.05, 4.69) is 10.7 Å². The van der Waals surface area contributed by atoms with E-state index in [1.54, 1.807) is 18.3 Å². The Labute approximate surface area is 83.0 Å². The Morgan fingerprint density at radius 1 is 1.62 bits per heavy atom. The average Bonchev–Trinajstić information content (AvgIpc) is 2.20. The number of rotatable bonds is 2. The molecule has 72 valence electrons. The first-order valence-corrected chi connectivity index (χ1v) is 4.45. The number of ketones is 1. The summed E-state index contributed by atoms with van der Waals surface area (Å²) >= 11 is 4.92. The third-order valence-electron chi connectivity index (χ3n) is 1.44. The monoisotopic (exact) mass is 198 g/mol. The standard InChI is InChI=1S/C8H9NOS.CH5N/c1-2-7(10)6-4-3-5-9-8(6)11;1-2/h3-5H,2H2,1H3,(H,9,11);2H2,1H3. The van der Waals surface area contributed by atoms with Gasteiger partial charge in [0.1, 0.15) is 4.64 Å². The predicted octanol–water partition coefficient (Wildman–Crippen LogP) is 1.91. The van der Waals surface area contributed by atoms with E-state index in [9.17, 15) is 4.79 Å². The Balaban J connectivity index is 0.000000671. The summed E-state index contributed by atoms with van der Waals surface area (Å²) in [6.07, 6.45) is 2.22. The molecule has 1 rings (SSSR count). The van der Waals surface area contributed by atoms with Gasteiger partial charge in [-0.25, -0.2) is 0 Å². The zero-order valence-corrected chi connectivity index (χ0v) is 8.65. The molecule has 0 radical (unpaired) electrons. The van der Waals surface area contributed by atoms with Gasteiger partial charge in [-0.05, 0) is 19.2 Å². The second-order valence-electron chi connectivity index (χ2n) is 2.19. The van der Waals surface area contributed by atoms with Crippen molar-refractivity contribution in [3.63, 3.8) is 0 Å². The first kappa shape index (κ1) is 12.0. The third-order valence-corrected chi connectivity index (χ3v) is 1.78. The summed E-state index contributed by atoms with van der Waals surface area (Å²) in [5.74, 6) is 0.0897. The molecule has 0 aliphatic heterocycles. The highest BCUT2D eigenvalue weighted by Gasteiger charge is 2.02. The summed E-state index contributed by atoms with van der Waals surface area (Å²) in [7, 11) is 1.50. The lowest BCUT2D eigenvalue weighted by molar-refractivity contribution is 0.0987. The van der Waals surface area contributed by atoms with Crippen LogP contribution >= 0.6 is 12.2 Å². The van der Waals surface area contributed by atoms with Crippen molar-refractivity contribution >= 4 is 18.0 Å². The van der Waals surface area contributed by atoms with Crippen molar-refractivity contribution in [3.8, 4) is 0 Å². The van der Waals surface area contributed by atoms with Gasteiger partial charge in [0, 0.05) is 12.6 Å². The number of nitrogens with one attached hydrogen (secondary N) is 1. The van der Waals surface area contributed by atoms with Crippen LogP contribution in [-0.4, -0.2) is 17.8 Å². The Hall–Kier alpha value is -1.00. The molecule has 0 aromatic carbocycles. The molecule has 0 fully saturated rings. The van der Waals surface area contributed by atoms with Gasteiger partial charge in [-0.2, -0.15) is 0 Å². The first-order valence-electron chi connectivity index (χ1n) is 4.04. The van der Waals surface area contributed by atoms with E-state index in [0.29, 0.717) is 16.6 Å². The van der Waals surface area contributed by atoms with E-state index in [1.807, 2.05) is 6.92 Å². The molecule has 0 saturated heterocycles. The number of carbonyl (C=O) groups excluding carboxylic acids is 1. The van der Waals surface area contributed by atoms with E-state index in [0.717, 1.165) is 0 Å². The quantitative estimate of drug-likeness (QED) is 0.563. The van der Waals surface area contributed by atoms with Gasteiger partial charge in [0.25, 0.3) is 0 Å². The minimum Gasteiger partial charge on any atom is -0.352 e. The minimum absolute atomic E-state index is 0.0897. The lowest BCUT2D eigenvalue weighted by atomic mass is 10.1. The van der Waals surface area contributed by atoms with Crippen LogP contribution in [0.1, 0.15) is 23.7 Å². The van der Waals surface area contributed by atoms with Crippen LogP contribution in [0, 0.1) is 4.64 Å². The molecule has 0 aliphatic rings. The summed E-state index contributed by atoms with van der Waals surface area (Å²) in [5, 5.41) is 0. The molecule has 1 heterocycles. The Kier molecular flexibility index (Phi) is 6.01. The molecule has 13 heavy (non-hydrogen) atoms. The summed E-state index contributed by atoms with van der Waals surface area (Å²) in [5.41, 5.74) is 5.12. The number of carbonyl (C=O) groups is 1. The van der Waals surface area contributed by atoms with Crippen LogP contribution < -0.4 is 5.73 Å². The van der Waals surface area contributed by atoms with Gasteiger partial charge in [-0.1, -0.05) is 19.1 Å². The molecule has 0 spiro atoms. The molecule has 0 saturated carbocycles. The van der Waals surface area contributed by atoms with E-state index in [-0.39, 0.29) is 5.78 Å². The number of nitrogens with two attached hydrogens (primary N) is 1. The number of H-pyrrole nitrogens is 1. The molecule has 1 aromatic heterocycles. The fraction of sp³-hybridized carbons (Fsp3) is 0.333. The highest BCUT2D eigenvalue weighted by atomic mass is 32.1. The Bertz CT molecular complexity index is 319. The number of hydrogen-bond donors (Lipinski definition) is 2. The maximum atomic E-state index is 11.1. The second-order valence-corrected chi connectivity index (χ2v) is 2.60. The van der Waals surface area contributed by atoms with Crippen LogP contribution in [0.5, 0.6) is 0 Å². The van der Waals surface area contributed by atoms with Crippen molar-refractivity contribution in [1.82, 2.24) is 4.98 Å². The second kappa shape index (κ2) is 6.51. The van der Waals surface area contributed by atoms with E-state index < -0.39 is 0 Å². The molecule has 0 aliphatic carbocycles. The topological polar surface area (TPSA) is 58.9 Å². The summed E-state index contributed by atoms with van der Waals surface area (Å²) in [6.45, 7) is 1.82. The molecular formula is C9H14N2OS. The van der Waals surface area contributed by atoms with Gasteiger partial charge < -0.3 is 10.7 Å². The lowest BCUT2D eigenvalue weighted by Gasteiger charge is -1.95. The zero-order valence-electron chi connectivity index (χ0n) is 7.83. The lowest BCUT2D eigenvalue weighted by Crippen LogP contribution is -1.97. The van der Waals surface area contributed by atoms with Crippen molar-refractivity contribution in [1.29, 1.82) is 0 Å². The molecule has 3 N–H and O–H groups in total. The van der Waals surface area contributed by atoms with Crippen molar-refractivity contribution in [2.45, 2.75) is 13.3 Å². The molecule has 1 aromatic rings. The summed E-state index contributed by atoms with van der Waals surface area (Å²) in [6, 6.07) is 3.52. The highest BCUT2D eigenvalue weighted by Crippen LogP contribution is 2.02. The molecular weight excluding hydrogens is 184 g/mol. The molecule has 3 nitrogen and oxygen atoms in total. The smallest absolute Gasteiger partial charge is 0.165 e. The summed E-state index contributed by atoms with van der Waals surface area (Å²) in [4.78, 5) is 14.0. The van der Waals surface area contributed by atoms with Crippen molar-refractivity contribution in [2.24, 2.45) is 5.73 Å². The van der Waals surface area contributed by atoms with Crippen LogP contribution in [0.4, 0.5) is 0 Å². The first-order chi connectivity index (χ1) is 6.25.